The Morgan fingerprint density at radius 2 is 1.81 bits per heavy atom. The number of nitrogens with one attached hydrogen (secondary N) is 1. The second-order valence-corrected chi connectivity index (χ2v) is 5.19. The summed E-state index contributed by atoms with van der Waals surface area (Å²) >= 11 is 0. The number of ether oxygens (including phenoxy) is 3. The first-order valence-corrected chi connectivity index (χ1v) is 7.99. The van der Waals surface area contributed by atoms with Gasteiger partial charge in [0.05, 0.1) is 26.5 Å². The van der Waals surface area contributed by atoms with Gasteiger partial charge < -0.3 is 19.5 Å². The van der Waals surface area contributed by atoms with Crippen molar-refractivity contribution in [2.75, 3.05) is 26.1 Å². The summed E-state index contributed by atoms with van der Waals surface area (Å²) < 4.78 is 15.7. The van der Waals surface area contributed by atoms with Crippen LogP contribution in [0.4, 0.5) is 5.69 Å². The Bertz CT molecular complexity index is 836. The van der Waals surface area contributed by atoms with E-state index >= 15 is 0 Å². The molecule has 0 fully saturated rings. The largest absolute Gasteiger partial charge is 0.497 e. The molecule has 0 radical (unpaired) electrons. The summed E-state index contributed by atoms with van der Waals surface area (Å²) in [6, 6.07) is 14.1. The molecule has 0 aromatic heterocycles. The zero-order valence-electron chi connectivity index (χ0n) is 14.9. The van der Waals surface area contributed by atoms with Gasteiger partial charge in [-0.15, -0.1) is 0 Å². The lowest BCUT2D eigenvalue weighted by molar-refractivity contribution is -0.112. The SMILES string of the molecule is CCOc1ccc(/C=C(\C#N)C(=O)Nc2ccc(OC)cc2OC)cc1. The van der Waals surface area contributed by atoms with E-state index in [1.165, 1.54) is 13.2 Å². The second-order valence-electron chi connectivity index (χ2n) is 5.19. The van der Waals surface area contributed by atoms with Crippen LogP contribution < -0.4 is 19.5 Å². The Labute approximate surface area is 152 Å². The number of benzene rings is 2. The van der Waals surface area contributed by atoms with Crippen LogP contribution in [0.5, 0.6) is 17.2 Å². The molecule has 134 valence electrons. The van der Waals surface area contributed by atoms with E-state index < -0.39 is 5.91 Å². The molecular weight excluding hydrogens is 332 g/mol. The third-order valence-corrected chi connectivity index (χ3v) is 3.52. The molecule has 0 unspecified atom stereocenters. The molecule has 0 atom stereocenters. The van der Waals surface area contributed by atoms with E-state index in [2.05, 4.69) is 5.32 Å². The van der Waals surface area contributed by atoms with Crippen molar-refractivity contribution in [2.24, 2.45) is 0 Å². The van der Waals surface area contributed by atoms with Crippen molar-refractivity contribution in [3.63, 3.8) is 0 Å². The molecule has 1 amide bonds. The number of anilines is 1. The van der Waals surface area contributed by atoms with E-state index in [0.717, 1.165) is 11.3 Å². The highest BCUT2D eigenvalue weighted by Crippen LogP contribution is 2.29. The third kappa shape index (κ3) is 4.77. The first kappa shape index (κ1) is 18.9. The summed E-state index contributed by atoms with van der Waals surface area (Å²) in [5.41, 5.74) is 1.15. The number of amides is 1. The molecule has 0 saturated heterocycles. The maximum atomic E-state index is 12.4. The van der Waals surface area contributed by atoms with Crippen molar-refractivity contribution in [3.05, 3.63) is 53.6 Å². The normalized spacial score (nSPS) is 10.6. The number of carbonyl (C=O) groups is 1. The molecule has 0 aliphatic rings. The van der Waals surface area contributed by atoms with E-state index in [-0.39, 0.29) is 5.57 Å². The molecule has 2 rings (SSSR count). The smallest absolute Gasteiger partial charge is 0.266 e. The molecule has 1 N–H and O–H groups in total. The summed E-state index contributed by atoms with van der Waals surface area (Å²) in [6.07, 6.45) is 1.51. The summed E-state index contributed by atoms with van der Waals surface area (Å²) in [5.74, 6) is 1.25. The van der Waals surface area contributed by atoms with Gasteiger partial charge in [-0.1, -0.05) is 12.1 Å². The molecule has 2 aromatic carbocycles. The van der Waals surface area contributed by atoms with Crippen LogP contribution in [0.2, 0.25) is 0 Å². The van der Waals surface area contributed by atoms with Crippen LogP contribution in [0.1, 0.15) is 12.5 Å². The van der Waals surface area contributed by atoms with Gasteiger partial charge >= 0.3 is 0 Å². The second kappa shape index (κ2) is 9.14. The lowest BCUT2D eigenvalue weighted by Gasteiger charge is -2.11. The molecule has 6 heteroatoms. The van der Waals surface area contributed by atoms with Gasteiger partial charge in [-0.25, -0.2) is 0 Å². The van der Waals surface area contributed by atoms with Crippen LogP contribution in [-0.2, 0) is 4.79 Å². The minimum atomic E-state index is -0.523. The van der Waals surface area contributed by atoms with Crippen molar-refractivity contribution >= 4 is 17.7 Å². The van der Waals surface area contributed by atoms with Gasteiger partial charge in [0.25, 0.3) is 5.91 Å². The number of nitrogens with zero attached hydrogens (tertiary/aromatic N) is 1. The molecule has 2 aromatic rings. The molecule has 0 spiro atoms. The first-order valence-electron chi connectivity index (χ1n) is 7.99. The standard InChI is InChI=1S/C20H20N2O4/c1-4-26-16-7-5-14(6-8-16)11-15(13-21)20(23)22-18-10-9-17(24-2)12-19(18)25-3/h5-12H,4H2,1-3H3,(H,22,23)/b15-11+. The highest BCUT2D eigenvalue weighted by atomic mass is 16.5. The van der Waals surface area contributed by atoms with Gasteiger partial charge in [-0.2, -0.15) is 5.26 Å². The van der Waals surface area contributed by atoms with E-state index in [1.807, 2.05) is 13.0 Å². The molecule has 26 heavy (non-hydrogen) atoms. The predicted molar refractivity (Wildman–Crippen MR) is 99.4 cm³/mol. The lowest BCUT2D eigenvalue weighted by atomic mass is 10.1. The Kier molecular flexibility index (Phi) is 6.63. The fourth-order valence-electron chi connectivity index (χ4n) is 2.23. The van der Waals surface area contributed by atoms with Gasteiger partial charge in [0, 0.05) is 6.07 Å². The Morgan fingerprint density at radius 3 is 2.38 bits per heavy atom. The van der Waals surface area contributed by atoms with E-state index in [0.29, 0.717) is 23.8 Å². The highest BCUT2D eigenvalue weighted by Gasteiger charge is 2.13. The van der Waals surface area contributed by atoms with Crippen LogP contribution >= 0.6 is 0 Å². The van der Waals surface area contributed by atoms with Crippen LogP contribution in [0, 0.1) is 11.3 Å². The molecule has 0 aliphatic heterocycles. The average molecular weight is 352 g/mol. The van der Waals surface area contributed by atoms with E-state index in [4.69, 9.17) is 14.2 Å². The Hall–Kier alpha value is -3.46. The fourth-order valence-corrected chi connectivity index (χ4v) is 2.23. The minimum absolute atomic E-state index is 0.0213. The third-order valence-electron chi connectivity index (χ3n) is 3.52. The zero-order valence-corrected chi connectivity index (χ0v) is 14.9. The lowest BCUT2D eigenvalue weighted by Crippen LogP contribution is -2.14. The molecule has 0 bridgehead atoms. The van der Waals surface area contributed by atoms with Gasteiger partial charge in [0.15, 0.2) is 0 Å². The number of rotatable bonds is 7. The summed E-state index contributed by atoms with van der Waals surface area (Å²) in [5, 5.41) is 12.0. The molecule has 0 heterocycles. The van der Waals surface area contributed by atoms with Crippen LogP contribution in [-0.4, -0.2) is 26.7 Å². The average Bonchev–Trinajstić information content (AvgIpc) is 2.67. The summed E-state index contributed by atoms with van der Waals surface area (Å²) in [7, 11) is 3.03. The van der Waals surface area contributed by atoms with Crippen molar-refractivity contribution in [1.29, 1.82) is 5.26 Å². The van der Waals surface area contributed by atoms with Crippen LogP contribution in [0.25, 0.3) is 6.08 Å². The number of hydrogen-bond acceptors (Lipinski definition) is 5. The van der Waals surface area contributed by atoms with Gasteiger partial charge in [0.1, 0.15) is 28.9 Å². The van der Waals surface area contributed by atoms with Crippen LogP contribution in [0.15, 0.2) is 48.0 Å². The van der Waals surface area contributed by atoms with Gasteiger partial charge in [-0.05, 0) is 42.8 Å². The molecule has 6 nitrogen and oxygen atoms in total. The molecular formula is C20H20N2O4. The van der Waals surface area contributed by atoms with Crippen molar-refractivity contribution in [1.82, 2.24) is 0 Å². The predicted octanol–water partition coefficient (Wildman–Crippen LogP) is 3.65. The summed E-state index contributed by atoms with van der Waals surface area (Å²) in [4.78, 5) is 12.4. The zero-order chi connectivity index (χ0) is 18.9. The maximum absolute atomic E-state index is 12.4. The first-order chi connectivity index (χ1) is 12.6. The number of methoxy groups -OCH3 is 2. The van der Waals surface area contributed by atoms with Gasteiger partial charge in [0.2, 0.25) is 0 Å². The topological polar surface area (TPSA) is 80.6 Å². The Morgan fingerprint density at radius 1 is 1.12 bits per heavy atom. The Balaban J connectivity index is 2.19. The molecule has 0 aliphatic carbocycles. The maximum Gasteiger partial charge on any atom is 0.266 e. The number of carbonyl (C=O) groups excluding carboxylic acids is 1. The molecule has 0 saturated carbocycles. The van der Waals surface area contributed by atoms with E-state index in [1.54, 1.807) is 49.6 Å². The quantitative estimate of drug-likeness (QED) is 0.608. The van der Waals surface area contributed by atoms with E-state index in [9.17, 15) is 10.1 Å². The van der Waals surface area contributed by atoms with Crippen molar-refractivity contribution in [2.45, 2.75) is 6.92 Å². The number of nitriles is 1. The minimum Gasteiger partial charge on any atom is -0.497 e. The highest BCUT2D eigenvalue weighted by molar-refractivity contribution is 6.10. The van der Waals surface area contributed by atoms with Crippen molar-refractivity contribution < 1.29 is 19.0 Å². The summed E-state index contributed by atoms with van der Waals surface area (Å²) in [6.45, 7) is 2.48. The monoisotopic (exact) mass is 352 g/mol. The fraction of sp³-hybridized carbons (Fsp3) is 0.200. The van der Waals surface area contributed by atoms with Crippen molar-refractivity contribution in [3.8, 4) is 23.3 Å². The van der Waals surface area contributed by atoms with Gasteiger partial charge in [-0.3, -0.25) is 4.79 Å². The number of hydrogen-bond donors (Lipinski definition) is 1. The van der Waals surface area contributed by atoms with Crippen LogP contribution in [0.3, 0.4) is 0 Å².